The number of aromatic carboxylic acids is 1. The van der Waals surface area contributed by atoms with Gasteiger partial charge in [-0.3, -0.25) is 4.79 Å². The van der Waals surface area contributed by atoms with Crippen molar-refractivity contribution in [3.05, 3.63) is 52.9 Å². The van der Waals surface area contributed by atoms with E-state index in [1.165, 1.54) is 49.5 Å². The fourth-order valence-corrected chi connectivity index (χ4v) is 4.08. The minimum absolute atomic E-state index is 0.110. The lowest BCUT2D eigenvalue weighted by molar-refractivity contribution is 0.0698. The molecule has 0 unspecified atom stereocenters. The topological polar surface area (TPSA) is 66.4 Å². The van der Waals surface area contributed by atoms with E-state index in [9.17, 15) is 9.59 Å². The van der Waals surface area contributed by atoms with Gasteiger partial charge in [-0.15, -0.1) is 11.3 Å². The first-order valence-electron chi connectivity index (χ1n) is 9.46. The second-order valence-electron chi connectivity index (χ2n) is 7.99. The summed E-state index contributed by atoms with van der Waals surface area (Å²) in [4.78, 5) is 22.6. The first kappa shape index (κ1) is 21.2. The number of hydrogen-bond donors (Lipinski definition) is 2. The molecule has 2 N–H and O–H groups in total. The van der Waals surface area contributed by atoms with Crippen LogP contribution in [0.4, 0.5) is 5.00 Å². The van der Waals surface area contributed by atoms with E-state index in [4.69, 9.17) is 5.11 Å². The third-order valence-corrected chi connectivity index (χ3v) is 5.82. The molecule has 0 spiro atoms. The maximum Gasteiger partial charge on any atom is 0.338 e. The third-order valence-electron chi connectivity index (χ3n) is 4.99. The normalized spacial score (nSPS) is 14.8. The van der Waals surface area contributed by atoms with Crippen molar-refractivity contribution in [1.82, 2.24) is 0 Å². The van der Waals surface area contributed by atoms with Crippen LogP contribution in [0.1, 0.15) is 73.6 Å². The zero-order chi connectivity index (χ0) is 19.9. The molecule has 1 saturated carbocycles. The van der Waals surface area contributed by atoms with E-state index in [0.717, 1.165) is 5.92 Å². The Hall–Kier alpha value is -2.14. The molecule has 1 aromatic heterocycles. The van der Waals surface area contributed by atoms with E-state index < -0.39 is 5.97 Å². The van der Waals surface area contributed by atoms with E-state index >= 15 is 0 Å². The number of anilines is 1. The SMILES string of the molecule is CC(C)(C)C1CCCCC1.O=C(Nc1sccc1C(=O)O)c1ccccc1. The van der Waals surface area contributed by atoms with Crippen molar-refractivity contribution < 1.29 is 14.7 Å². The van der Waals surface area contributed by atoms with Gasteiger partial charge >= 0.3 is 5.97 Å². The molecule has 0 aliphatic heterocycles. The van der Waals surface area contributed by atoms with Crippen LogP contribution in [0.5, 0.6) is 0 Å². The number of rotatable bonds is 3. The van der Waals surface area contributed by atoms with E-state index in [0.29, 0.717) is 16.0 Å². The first-order chi connectivity index (χ1) is 12.8. The maximum absolute atomic E-state index is 11.8. The lowest BCUT2D eigenvalue weighted by atomic mass is 9.72. The molecule has 0 atom stereocenters. The molecule has 1 aromatic carbocycles. The summed E-state index contributed by atoms with van der Waals surface area (Å²) in [5.74, 6) is -0.355. The predicted octanol–water partition coefficient (Wildman–Crippen LogP) is 6.31. The Morgan fingerprint density at radius 3 is 2.19 bits per heavy atom. The number of benzene rings is 1. The van der Waals surface area contributed by atoms with Crippen LogP contribution in [0, 0.1) is 11.3 Å². The highest BCUT2D eigenvalue weighted by Crippen LogP contribution is 2.37. The fourth-order valence-electron chi connectivity index (χ4n) is 3.31. The Morgan fingerprint density at radius 1 is 1.04 bits per heavy atom. The number of carbonyl (C=O) groups is 2. The molecule has 146 valence electrons. The predicted molar refractivity (Wildman–Crippen MR) is 112 cm³/mol. The average Bonchev–Trinajstić information content (AvgIpc) is 3.11. The van der Waals surface area contributed by atoms with Gasteiger partial charge in [-0.2, -0.15) is 0 Å². The van der Waals surface area contributed by atoms with Crippen molar-refractivity contribution in [3.63, 3.8) is 0 Å². The Balaban J connectivity index is 0.000000223. The summed E-state index contributed by atoms with van der Waals surface area (Å²) in [6.45, 7) is 7.13. The fraction of sp³-hybridized carbons (Fsp3) is 0.455. The number of carbonyl (C=O) groups excluding carboxylic acids is 1. The van der Waals surface area contributed by atoms with Crippen molar-refractivity contribution in [2.45, 2.75) is 52.9 Å². The molecule has 1 amide bonds. The Morgan fingerprint density at radius 2 is 1.67 bits per heavy atom. The van der Waals surface area contributed by atoms with Gasteiger partial charge in [0.25, 0.3) is 5.91 Å². The van der Waals surface area contributed by atoms with Crippen molar-refractivity contribution in [2.75, 3.05) is 5.32 Å². The van der Waals surface area contributed by atoms with E-state index in [1.54, 1.807) is 29.6 Å². The summed E-state index contributed by atoms with van der Waals surface area (Å²) in [7, 11) is 0. The van der Waals surface area contributed by atoms with E-state index in [-0.39, 0.29) is 11.5 Å². The quantitative estimate of drug-likeness (QED) is 0.648. The second kappa shape index (κ2) is 9.70. The standard InChI is InChI=1S/C12H9NO3S.C10H20/c14-10(8-4-2-1-3-5-8)13-11-9(12(15)16)6-7-17-11;1-10(2,3)9-7-5-4-6-8-9/h1-7H,(H,13,14)(H,15,16);9H,4-8H2,1-3H3. The number of carboxylic acid groups (broad SMARTS) is 1. The molecule has 5 heteroatoms. The number of amides is 1. The van der Waals surface area contributed by atoms with Crippen molar-refractivity contribution in [3.8, 4) is 0 Å². The highest BCUT2D eigenvalue weighted by atomic mass is 32.1. The lowest BCUT2D eigenvalue weighted by Crippen LogP contribution is -2.22. The van der Waals surface area contributed by atoms with Crippen LogP contribution in [-0.4, -0.2) is 17.0 Å². The smallest absolute Gasteiger partial charge is 0.338 e. The summed E-state index contributed by atoms with van der Waals surface area (Å²) in [6.07, 6.45) is 7.38. The molecule has 0 radical (unpaired) electrons. The third kappa shape index (κ3) is 6.51. The Labute approximate surface area is 165 Å². The van der Waals surface area contributed by atoms with Gasteiger partial charge in [-0.05, 0) is 47.8 Å². The van der Waals surface area contributed by atoms with E-state index in [2.05, 4.69) is 26.1 Å². The molecule has 1 heterocycles. The molecule has 1 aliphatic rings. The number of thiophene rings is 1. The van der Waals surface area contributed by atoms with Gasteiger partial charge in [-0.1, -0.05) is 58.2 Å². The van der Waals surface area contributed by atoms with Crippen molar-refractivity contribution in [1.29, 1.82) is 0 Å². The molecule has 0 saturated heterocycles. The highest BCUT2D eigenvalue weighted by molar-refractivity contribution is 7.14. The van der Waals surface area contributed by atoms with Crippen molar-refractivity contribution in [2.24, 2.45) is 11.3 Å². The Bertz CT molecular complexity index is 740. The molecule has 27 heavy (non-hydrogen) atoms. The minimum Gasteiger partial charge on any atom is -0.478 e. The Kier molecular flexibility index (Phi) is 7.60. The van der Waals surface area contributed by atoms with E-state index in [1.807, 2.05) is 6.07 Å². The number of hydrogen-bond acceptors (Lipinski definition) is 3. The molecule has 1 fully saturated rings. The maximum atomic E-state index is 11.8. The van der Waals surface area contributed by atoms with Gasteiger partial charge in [0, 0.05) is 5.56 Å². The van der Waals surface area contributed by atoms with Crippen molar-refractivity contribution >= 4 is 28.2 Å². The lowest BCUT2D eigenvalue weighted by Gasteiger charge is -2.33. The second-order valence-corrected chi connectivity index (χ2v) is 8.91. The molecule has 1 aliphatic carbocycles. The monoisotopic (exact) mass is 387 g/mol. The molecular weight excluding hydrogens is 358 g/mol. The number of carboxylic acids is 1. The molecule has 3 rings (SSSR count). The minimum atomic E-state index is -1.05. The van der Waals surface area contributed by atoms with Crippen LogP contribution in [-0.2, 0) is 0 Å². The van der Waals surface area contributed by atoms with Gasteiger partial charge in [0.05, 0.1) is 5.56 Å². The van der Waals surface area contributed by atoms with Gasteiger partial charge in [0.1, 0.15) is 5.00 Å². The summed E-state index contributed by atoms with van der Waals surface area (Å²) in [6, 6.07) is 10.1. The van der Waals surface area contributed by atoms with Crippen LogP contribution >= 0.6 is 11.3 Å². The zero-order valence-electron chi connectivity index (χ0n) is 16.3. The summed E-state index contributed by atoms with van der Waals surface area (Å²) >= 11 is 1.19. The number of nitrogens with one attached hydrogen (secondary N) is 1. The summed E-state index contributed by atoms with van der Waals surface area (Å²) in [5, 5.41) is 13.5. The van der Waals surface area contributed by atoms with Crippen LogP contribution in [0.15, 0.2) is 41.8 Å². The molecular formula is C22H29NO3S. The average molecular weight is 388 g/mol. The molecule has 2 aromatic rings. The van der Waals surface area contributed by atoms with Gasteiger partial charge in [0.15, 0.2) is 0 Å². The molecule has 4 nitrogen and oxygen atoms in total. The summed E-state index contributed by atoms with van der Waals surface area (Å²) in [5.41, 5.74) is 1.18. The van der Waals surface area contributed by atoms with Crippen LogP contribution in [0.2, 0.25) is 0 Å². The van der Waals surface area contributed by atoms with Crippen LogP contribution in [0.3, 0.4) is 0 Å². The van der Waals surface area contributed by atoms with Gasteiger partial charge in [0.2, 0.25) is 0 Å². The summed E-state index contributed by atoms with van der Waals surface area (Å²) < 4.78 is 0. The largest absolute Gasteiger partial charge is 0.478 e. The van der Waals surface area contributed by atoms with Gasteiger partial charge in [-0.25, -0.2) is 4.79 Å². The molecule has 0 bridgehead atoms. The first-order valence-corrected chi connectivity index (χ1v) is 10.3. The zero-order valence-corrected chi connectivity index (χ0v) is 17.1. The van der Waals surface area contributed by atoms with Gasteiger partial charge < -0.3 is 10.4 Å². The van der Waals surface area contributed by atoms with Crippen LogP contribution in [0.25, 0.3) is 0 Å². The van der Waals surface area contributed by atoms with Crippen LogP contribution < -0.4 is 5.32 Å². The highest BCUT2D eigenvalue weighted by Gasteiger charge is 2.25.